The van der Waals surface area contributed by atoms with Crippen LogP contribution in [0.25, 0.3) is 27.8 Å². The molecule has 5 rings (SSSR count). The summed E-state index contributed by atoms with van der Waals surface area (Å²) in [5.74, 6) is -1.06. The summed E-state index contributed by atoms with van der Waals surface area (Å²) in [6.07, 6.45) is 5.52. The maximum Gasteiger partial charge on any atom is 0.268 e. The first-order chi connectivity index (χ1) is 20.8. The number of H-pyrrole nitrogens is 1. The predicted molar refractivity (Wildman–Crippen MR) is 165 cm³/mol. The molecule has 0 atom stereocenters. The topological polar surface area (TPSA) is 112 Å². The fourth-order valence-electron chi connectivity index (χ4n) is 5.07. The molecule has 0 bridgehead atoms. The third-order valence-electron chi connectivity index (χ3n) is 7.19. The number of amides is 2. The van der Waals surface area contributed by atoms with Gasteiger partial charge in [-0.2, -0.15) is 5.10 Å². The van der Waals surface area contributed by atoms with E-state index in [0.29, 0.717) is 57.6 Å². The first-order valence-electron chi connectivity index (χ1n) is 13.9. The van der Waals surface area contributed by atoms with Crippen LogP contribution in [0, 0.1) is 5.82 Å². The van der Waals surface area contributed by atoms with Gasteiger partial charge in [-0.3, -0.25) is 14.8 Å². The zero-order valence-corrected chi connectivity index (χ0v) is 24.7. The highest BCUT2D eigenvalue weighted by atomic mass is 35.5. The van der Waals surface area contributed by atoms with E-state index in [2.05, 4.69) is 15.4 Å². The van der Waals surface area contributed by atoms with Crippen LogP contribution in [-0.4, -0.2) is 38.3 Å². The molecule has 0 spiro atoms. The SMILES string of the molecule is O=C(CCCCCCNC(=O)c1[nH]c2cc(Cl)ccc2c1-c1c(Cc2ccc(Cl)cc2)cnn1-c1ccc(F)cc1)NO. The molecular weight excluding hydrogens is 592 g/mol. The number of nitrogens with one attached hydrogen (secondary N) is 3. The van der Waals surface area contributed by atoms with Gasteiger partial charge in [0.2, 0.25) is 5.91 Å². The molecule has 2 aromatic heterocycles. The Labute approximate surface area is 257 Å². The number of nitrogens with zero attached hydrogens (tertiary/aromatic N) is 2. The normalized spacial score (nSPS) is 11.2. The van der Waals surface area contributed by atoms with Crippen molar-refractivity contribution < 1.29 is 19.2 Å². The van der Waals surface area contributed by atoms with Crippen molar-refractivity contribution in [3.05, 3.63) is 106 Å². The van der Waals surface area contributed by atoms with Gasteiger partial charge in [0, 0.05) is 51.5 Å². The van der Waals surface area contributed by atoms with Crippen LogP contribution in [0.5, 0.6) is 0 Å². The zero-order chi connectivity index (χ0) is 30.3. The van der Waals surface area contributed by atoms with E-state index in [1.807, 2.05) is 30.3 Å². The number of carbonyl (C=O) groups excluding carboxylic acids is 2. The predicted octanol–water partition coefficient (Wildman–Crippen LogP) is 7.24. The van der Waals surface area contributed by atoms with Crippen LogP contribution in [0.15, 0.2) is 72.9 Å². The largest absolute Gasteiger partial charge is 0.351 e. The van der Waals surface area contributed by atoms with E-state index in [1.54, 1.807) is 40.6 Å². The number of aromatic nitrogens is 3. The summed E-state index contributed by atoms with van der Waals surface area (Å²) in [6.45, 7) is 0.440. The van der Waals surface area contributed by atoms with Crippen molar-refractivity contribution in [1.29, 1.82) is 0 Å². The number of halogens is 3. The van der Waals surface area contributed by atoms with E-state index in [1.165, 1.54) is 12.1 Å². The Morgan fingerprint density at radius 2 is 1.65 bits per heavy atom. The number of fused-ring (bicyclic) bond motifs is 1. The molecule has 0 aliphatic rings. The van der Waals surface area contributed by atoms with Gasteiger partial charge in [-0.15, -0.1) is 0 Å². The maximum absolute atomic E-state index is 13.8. The Hall–Kier alpha value is -4.18. The number of hydrogen-bond acceptors (Lipinski definition) is 4. The number of hydroxylamine groups is 1. The minimum atomic E-state index is -0.407. The van der Waals surface area contributed by atoms with Crippen LogP contribution >= 0.6 is 23.2 Å². The fourth-order valence-corrected chi connectivity index (χ4v) is 5.37. The summed E-state index contributed by atoms with van der Waals surface area (Å²) in [4.78, 5) is 28.1. The Morgan fingerprint density at radius 3 is 2.40 bits per heavy atom. The van der Waals surface area contributed by atoms with Crippen LogP contribution < -0.4 is 10.8 Å². The first kappa shape index (κ1) is 30.3. The molecule has 8 nitrogen and oxygen atoms in total. The lowest BCUT2D eigenvalue weighted by atomic mass is 9.98. The summed E-state index contributed by atoms with van der Waals surface area (Å²) in [5, 5.41) is 18.3. The molecule has 0 radical (unpaired) electrons. The smallest absolute Gasteiger partial charge is 0.268 e. The molecule has 0 saturated carbocycles. The summed E-state index contributed by atoms with van der Waals surface area (Å²) >= 11 is 12.4. The highest BCUT2D eigenvalue weighted by Gasteiger charge is 2.26. The average Bonchev–Trinajstić information content (AvgIpc) is 3.58. The molecular formula is C32H30Cl2FN5O3. The third-order valence-corrected chi connectivity index (χ3v) is 7.68. The summed E-state index contributed by atoms with van der Waals surface area (Å²) in [6, 6.07) is 19.0. The van der Waals surface area contributed by atoms with Crippen molar-refractivity contribution in [2.24, 2.45) is 0 Å². The van der Waals surface area contributed by atoms with Crippen molar-refractivity contribution in [2.45, 2.75) is 38.5 Å². The molecule has 0 aliphatic carbocycles. The lowest BCUT2D eigenvalue weighted by molar-refractivity contribution is -0.129. The van der Waals surface area contributed by atoms with Crippen LogP contribution in [0.1, 0.15) is 53.7 Å². The highest BCUT2D eigenvalue weighted by Crippen LogP contribution is 2.38. The van der Waals surface area contributed by atoms with Crippen LogP contribution in [0.2, 0.25) is 10.0 Å². The molecule has 0 unspecified atom stereocenters. The molecule has 4 N–H and O–H groups in total. The summed E-state index contributed by atoms with van der Waals surface area (Å²) in [5.41, 5.74) is 6.55. The van der Waals surface area contributed by atoms with Gasteiger partial charge in [-0.25, -0.2) is 14.6 Å². The van der Waals surface area contributed by atoms with Gasteiger partial charge in [0.15, 0.2) is 0 Å². The molecule has 222 valence electrons. The van der Waals surface area contributed by atoms with E-state index < -0.39 is 5.91 Å². The number of benzene rings is 3. The van der Waals surface area contributed by atoms with E-state index in [9.17, 15) is 14.0 Å². The van der Waals surface area contributed by atoms with Crippen LogP contribution in [0.3, 0.4) is 0 Å². The van der Waals surface area contributed by atoms with Crippen molar-refractivity contribution in [1.82, 2.24) is 25.6 Å². The average molecular weight is 623 g/mol. The molecule has 2 heterocycles. The van der Waals surface area contributed by atoms with E-state index in [4.69, 9.17) is 28.4 Å². The Kier molecular flexibility index (Phi) is 9.76. The molecule has 5 aromatic rings. The Morgan fingerprint density at radius 1 is 0.930 bits per heavy atom. The van der Waals surface area contributed by atoms with Crippen LogP contribution in [0.4, 0.5) is 4.39 Å². The van der Waals surface area contributed by atoms with Crippen molar-refractivity contribution in [2.75, 3.05) is 6.54 Å². The summed E-state index contributed by atoms with van der Waals surface area (Å²) < 4.78 is 15.6. The van der Waals surface area contributed by atoms with Gasteiger partial charge in [0.1, 0.15) is 11.5 Å². The Bertz CT molecular complexity index is 1730. The number of hydrogen-bond donors (Lipinski definition) is 4. The van der Waals surface area contributed by atoms with Crippen molar-refractivity contribution in [3.8, 4) is 16.9 Å². The standard InChI is InChI=1S/C32H30Cl2FN5O3/c33-22-8-6-20(7-9-22)17-21-19-37-40(25-13-11-24(35)12-14-25)31(21)29-26-15-10-23(34)18-27(26)38-30(29)32(42)36-16-4-2-1-3-5-28(41)39-43/h6-15,18-19,38,43H,1-5,16-17H2,(H,36,42)(H,39,41). The Balaban J connectivity index is 1.51. The van der Waals surface area contributed by atoms with Crippen molar-refractivity contribution >= 4 is 45.9 Å². The quantitative estimate of drug-likeness (QED) is 0.0668. The highest BCUT2D eigenvalue weighted by molar-refractivity contribution is 6.31. The number of aromatic amines is 1. The molecule has 0 fully saturated rings. The number of rotatable bonds is 12. The third kappa shape index (κ3) is 7.25. The summed E-state index contributed by atoms with van der Waals surface area (Å²) in [7, 11) is 0. The lowest BCUT2D eigenvalue weighted by Crippen LogP contribution is -2.25. The maximum atomic E-state index is 13.8. The molecule has 0 aliphatic heterocycles. The van der Waals surface area contributed by atoms with Gasteiger partial charge in [0.05, 0.1) is 17.6 Å². The number of carbonyl (C=O) groups is 2. The van der Waals surface area contributed by atoms with Gasteiger partial charge >= 0.3 is 0 Å². The minimum absolute atomic E-state index is 0.254. The molecule has 0 saturated heterocycles. The van der Waals surface area contributed by atoms with Crippen molar-refractivity contribution in [3.63, 3.8) is 0 Å². The van der Waals surface area contributed by atoms with E-state index in [-0.39, 0.29) is 18.1 Å². The minimum Gasteiger partial charge on any atom is -0.351 e. The molecule has 3 aromatic carbocycles. The van der Waals surface area contributed by atoms with Gasteiger partial charge in [-0.05, 0) is 66.9 Å². The first-order valence-corrected chi connectivity index (χ1v) is 14.7. The lowest BCUT2D eigenvalue weighted by Gasteiger charge is -2.13. The number of unbranched alkanes of at least 4 members (excludes halogenated alkanes) is 3. The second-order valence-corrected chi connectivity index (χ2v) is 11.1. The second-order valence-electron chi connectivity index (χ2n) is 10.2. The van der Waals surface area contributed by atoms with E-state index in [0.717, 1.165) is 35.8 Å². The van der Waals surface area contributed by atoms with Gasteiger partial charge < -0.3 is 10.3 Å². The molecule has 11 heteroatoms. The zero-order valence-electron chi connectivity index (χ0n) is 23.2. The second kappa shape index (κ2) is 13.9. The van der Waals surface area contributed by atoms with Gasteiger partial charge in [0.25, 0.3) is 5.91 Å². The fraction of sp³-hybridized carbons (Fsp3) is 0.219. The molecule has 43 heavy (non-hydrogen) atoms. The molecule has 2 amide bonds. The van der Waals surface area contributed by atoms with E-state index >= 15 is 0 Å². The van der Waals surface area contributed by atoms with Crippen LogP contribution in [-0.2, 0) is 11.2 Å². The monoisotopic (exact) mass is 621 g/mol. The van der Waals surface area contributed by atoms with Gasteiger partial charge in [-0.1, -0.05) is 54.2 Å².